The van der Waals surface area contributed by atoms with E-state index in [-0.39, 0.29) is 5.78 Å². The lowest BCUT2D eigenvalue weighted by Gasteiger charge is -1.98. The van der Waals surface area contributed by atoms with Gasteiger partial charge in [0.15, 0.2) is 5.78 Å². The molecule has 2 rings (SSSR count). The van der Waals surface area contributed by atoms with Crippen LogP contribution in [0.25, 0.3) is 0 Å². The molecule has 0 fully saturated rings. The van der Waals surface area contributed by atoms with Gasteiger partial charge in [0.05, 0.1) is 0 Å². The average molecular weight is 144 g/mol. The number of carbonyl (C=O) groups is 1. The lowest BCUT2D eigenvalue weighted by molar-refractivity contribution is -0.110. The van der Waals surface area contributed by atoms with Crippen molar-refractivity contribution in [3.63, 3.8) is 0 Å². The number of hydrogen-bond donors (Lipinski definition) is 0. The fourth-order valence-corrected chi connectivity index (χ4v) is 1.32. The molecule has 0 atom stereocenters. The molecule has 0 saturated heterocycles. The first-order chi connectivity index (χ1) is 5.38. The van der Waals surface area contributed by atoms with Crippen LogP contribution in [0.3, 0.4) is 0 Å². The summed E-state index contributed by atoms with van der Waals surface area (Å²) in [6.07, 6.45) is 12.2. The Kier molecular flexibility index (Phi) is 1.35. The molecule has 0 N–H and O–H groups in total. The largest absolute Gasteiger partial charge is 0.289 e. The van der Waals surface area contributed by atoms with Crippen LogP contribution in [-0.4, -0.2) is 5.78 Å². The molecule has 0 aromatic heterocycles. The van der Waals surface area contributed by atoms with E-state index >= 15 is 0 Å². The molecule has 0 saturated carbocycles. The summed E-state index contributed by atoms with van der Waals surface area (Å²) in [6.45, 7) is 0. The summed E-state index contributed by atoms with van der Waals surface area (Å²) < 4.78 is 0. The molecule has 0 aromatic rings. The van der Waals surface area contributed by atoms with Gasteiger partial charge in [-0.1, -0.05) is 30.4 Å². The predicted molar refractivity (Wildman–Crippen MR) is 44.1 cm³/mol. The van der Waals surface area contributed by atoms with E-state index in [1.54, 1.807) is 12.2 Å². The Hall–Kier alpha value is -1.37. The summed E-state index contributed by atoms with van der Waals surface area (Å²) in [4.78, 5) is 11.1. The van der Waals surface area contributed by atoms with Crippen LogP contribution in [-0.2, 0) is 4.79 Å². The van der Waals surface area contributed by atoms with E-state index in [0.29, 0.717) is 0 Å². The lowest BCUT2D eigenvalue weighted by Crippen LogP contribution is -1.96. The highest BCUT2D eigenvalue weighted by molar-refractivity contribution is 6.10. The van der Waals surface area contributed by atoms with Gasteiger partial charge in [0, 0.05) is 5.57 Å². The molecule has 0 aliphatic heterocycles. The van der Waals surface area contributed by atoms with Gasteiger partial charge in [0.2, 0.25) is 0 Å². The molecule has 1 nitrogen and oxygen atoms in total. The molecule has 0 bridgehead atoms. The second kappa shape index (κ2) is 2.35. The Labute approximate surface area is 65.4 Å². The van der Waals surface area contributed by atoms with E-state index in [1.807, 2.05) is 18.2 Å². The fourth-order valence-electron chi connectivity index (χ4n) is 1.32. The lowest BCUT2D eigenvalue weighted by atomic mass is 10.0. The van der Waals surface area contributed by atoms with E-state index in [9.17, 15) is 4.79 Å². The maximum Gasteiger partial charge on any atom is 0.186 e. The summed E-state index contributed by atoms with van der Waals surface area (Å²) in [5.41, 5.74) is 2.00. The summed E-state index contributed by atoms with van der Waals surface area (Å²) in [6, 6.07) is 0. The van der Waals surface area contributed by atoms with Crippen LogP contribution in [0, 0.1) is 0 Å². The zero-order chi connectivity index (χ0) is 7.68. The maximum atomic E-state index is 11.1. The van der Waals surface area contributed by atoms with Crippen LogP contribution < -0.4 is 0 Å². The van der Waals surface area contributed by atoms with Gasteiger partial charge in [-0.3, -0.25) is 4.79 Å². The van der Waals surface area contributed by atoms with Crippen molar-refractivity contribution in [3.05, 3.63) is 47.6 Å². The quantitative estimate of drug-likeness (QED) is 0.549. The first-order valence-electron chi connectivity index (χ1n) is 3.67. The highest BCUT2D eigenvalue weighted by atomic mass is 16.1. The SMILES string of the molecule is O=C1C=CC=C1C1=CC=CC1. The molecule has 0 spiro atoms. The van der Waals surface area contributed by atoms with Crippen LogP contribution in [0.5, 0.6) is 0 Å². The second-order valence-corrected chi connectivity index (χ2v) is 2.63. The van der Waals surface area contributed by atoms with Crippen molar-refractivity contribution in [2.45, 2.75) is 6.42 Å². The van der Waals surface area contributed by atoms with E-state index in [1.165, 1.54) is 0 Å². The molecule has 0 aromatic carbocycles. The van der Waals surface area contributed by atoms with Crippen molar-refractivity contribution in [2.75, 3.05) is 0 Å². The zero-order valence-corrected chi connectivity index (χ0v) is 6.08. The monoisotopic (exact) mass is 144 g/mol. The molecular formula is C10H8O. The Morgan fingerprint density at radius 2 is 2.09 bits per heavy atom. The van der Waals surface area contributed by atoms with Crippen LogP contribution in [0.1, 0.15) is 6.42 Å². The van der Waals surface area contributed by atoms with E-state index in [2.05, 4.69) is 6.08 Å². The Bertz CT molecular complexity index is 314. The maximum absolute atomic E-state index is 11.1. The van der Waals surface area contributed by atoms with E-state index in [4.69, 9.17) is 0 Å². The number of rotatable bonds is 1. The second-order valence-electron chi connectivity index (χ2n) is 2.63. The third-order valence-corrected chi connectivity index (χ3v) is 1.89. The van der Waals surface area contributed by atoms with Crippen LogP contribution in [0.2, 0.25) is 0 Å². The van der Waals surface area contributed by atoms with E-state index < -0.39 is 0 Å². The first kappa shape index (κ1) is 6.35. The molecule has 0 radical (unpaired) electrons. The summed E-state index contributed by atoms with van der Waals surface area (Å²) >= 11 is 0. The van der Waals surface area contributed by atoms with Crippen molar-refractivity contribution < 1.29 is 4.79 Å². The number of ketones is 1. The molecule has 1 heteroatoms. The Morgan fingerprint density at radius 1 is 1.18 bits per heavy atom. The smallest absolute Gasteiger partial charge is 0.186 e. The minimum atomic E-state index is 0.139. The van der Waals surface area contributed by atoms with Gasteiger partial charge in [0.25, 0.3) is 0 Å². The third-order valence-electron chi connectivity index (χ3n) is 1.89. The fraction of sp³-hybridized carbons (Fsp3) is 0.100. The van der Waals surface area contributed by atoms with Gasteiger partial charge in [-0.2, -0.15) is 0 Å². The van der Waals surface area contributed by atoms with Gasteiger partial charge >= 0.3 is 0 Å². The van der Waals surface area contributed by atoms with Gasteiger partial charge in [0.1, 0.15) is 0 Å². The number of allylic oxidation sites excluding steroid dienone is 8. The molecule has 0 unspecified atom stereocenters. The van der Waals surface area contributed by atoms with Gasteiger partial charge < -0.3 is 0 Å². The standard InChI is InChI=1S/C10H8O/c11-10-7-3-6-9(10)8-4-1-2-5-8/h1-4,6-7H,5H2. The highest BCUT2D eigenvalue weighted by Gasteiger charge is 2.14. The average Bonchev–Trinajstić information content (AvgIpc) is 2.55. The van der Waals surface area contributed by atoms with Crippen molar-refractivity contribution in [3.8, 4) is 0 Å². The van der Waals surface area contributed by atoms with Gasteiger partial charge in [-0.25, -0.2) is 0 Å². The molecule has 2 aliphatic carbocycles. The topological polar surface area (TPSA) is 17.1 Å². The molecule has 0 heterocycles. The van der Waals surface area contributed by atoms with Crippen LogP contribution in [0.4, 0.5) is 0 Å². The molecular weight excluding hydrogens is 136 g/mol. The van der Waals surface area contributed by atoms with E-state index in [0.717, 1.165) is 17.6 Å². The summed E-state index contributed by atoms with van der Waals surface area (Å²) in [5.74, 6) is 0.139. The Balaban J connectivity index is 2.26. The number of hydrogen-bond acceptors (Lipinski definition) is 1. The van der Waals surface area contributed by atoms with Crippen molar-refractivity contribution in [1.82, 2.24) is 0 Å². The zero-order valence-electron chi connectivity index (χ0n) is 6.08. The number of carbonyl (C=O) groups excluding carboxylic acids is 1. The third kappa shape index (κ3) is 0.984. The Morgan fingerprint density at radius 3 is 2.64 bits per heavy atom. The summed E-state index contributed by atoms with van der Waals surface area (Å²) in [7, 11) is 0. The van der Waals surface area contributed by atoms with Crippen molar-refractivity contribution >= 4 is 5.78 Å². The van der Waals surface area contributed by atoms with Crippen molar-refractivity contribution in [2.24, 2.45) is 0 Å². The first-order valence-corrected chi connectivity index (χ1v) is 3.67. The molecule has 54 valence electrons. The van der Waals surface area contributed by atoms with Gasteiger partial charge in [-0.15, -0.1) is 0 Å². The van der Waals surface area contributed by atoms with Crippen LogP contribution >= 0.6 is 0 Å². The van der Waals surface area contributed by atoms with Crippen LogP contribution in [0.15, 0.2) is 47.6 Å². The van der Waals surface area contributed by atoms with Gasteiger partial charge in [-0.05, 0) is 18.1 Å². The normalized spacial score (nSPS) is 20.9. The van der Waals surface area contributed by atoms with Crippen molar-refractivity contribution in [1.29, 1.82) is 0 Å². The molecule has 0 amide bonds. The molecule has 2 aliphatic rings. The highest BCUT2D eigenvalue weighted by Crippen LogP contribution is 2.23. The minimum absolute atomic E-state index is 0.139. The summed E-state index contributed by atoms with van der Waals surface area (Å²) in [5, 5.41) is 0. The molecule has 11 heavy (non-hydrogen) atoms. The predicted octanol–water partition coefficient (Wildman–Crippen LogP) is 1.94. The minimum Gasteiger partial charge on any atom is -0.289 e.